The highest BCUT2D eigenvalue weighted by Gasteiger charge is 2.41. The van der Waals surface area contributed by atoms with Gasteiger partial charge in [-0.05, 0) is 102 Å². The van der Waals surface area contributed by atoms with Gasteiger partial charge in [0.1, 0.15) is 23.7 Å². The van der Waals surface area contributed by atoms with Crippen LogP contribution in [-0.4, -0.2) is 100 Å². The number of alkyl carbamates (subject to hydrolysis) is 2. The second kappa shape index (κ2) is 18.3. The zero-order valence-electron chi connectivity index (χ0n) is 36.9. The predicted molar refractivity (Wildman–Crippen MR) is 249 cm³/mol. The summed E-state index contributed by atoms with van der Waals surface area (Å²) >= 11 is 0. The van der Waals surface area contributed by atoms with Crippen LogP contribution in [0.1, 0.15) is 73.9 Å². The van der Waals surface area contributed by atoms with Gasteiger partial charge in [0.05, 0.1) is 49.2 Å². The number of carbonyl (C=O) groups excluding carboxylic acids is 4. The summed E-state index contributed by atoms with van der Waals surface area (Å²) in [7, 11) is 2.60. The molecule has 15 nitrogen and oxygen atoms in total. The molecule has 3 saturated heterocycles. The summed E-state index contributed by atoms with van der Waals surface area (Å²) in [5.41, 5.74) is 6.44. The average Bonchev–Trinajstić information content (AvgIpc) is 4.21. The van der Waals surface area contributed by atoms with E-state index in [9.17, 15) is 19.2 Å². The van der Waals surface area contributed by atoms with E-state index in [1.165, 1.54) is 14.2 Å². The number of aromatic nitrogens is 4. The molecule has 66 heavy (non-hydrogen) atoms. The molecule has 0 bridgehead atoms. The van der Waals surface area contributed by atoms with Gasteiger partial charge >= 0.3 is 12.2 Å². The van der Waals surface area contributed by atoms with Gasteiger partial charge in [-0.15, -0.1) is 0 Å². The topological polar surface area (TPSA) is 184 Å². The van der Waals surface area contributed by atoms with Crippen LogP contribution in [0.25, 0.3) is 55.0 Å². The first-order valence-electron chi connectivity index (χ1n) is 22.7. The van der Waals surface area contributed by atoms with Crippen molar-refractivity contribution in [3.8, 4) is 22.4 Å². The molecule has 3 fully saturated rings. The van der Waals surface area contributed by atoms with Gasteiger partial charge in [0.25, 0.3) is 5.91 Å². The number of nitrogens with zero attached hydrogens (tertiary/aromatic N) is 4. The number of carbonyl (C=O) groups is 4. The Morgan fingerprint density at radius 3 is 2.03 bits per heavy atom. The molecule has 5 heterocycles. The minimum absolute atomic E-state index is 0.0325. The zero-order valence-corrected chi connectivity index (χ0v) is 36.9. The van der Waals surface area contributed by atoms with E-state index in [2.05, 4.69) is 81.3 Å². The average molecular weight is 889 g/mol. The Hall–Kier alpha value is -7.26. The van der Waals surface area contributed by atoms with Crippen LogP contribution in [-0.2, 0) is 23.8 Å². The quantitative estimate of drug-likeness (QED) is 0.105. The van der Waals surface area contributed by atoms with Crippen molar-refractivity contribution in [1.29, 1.82) is 0 Å². The van der Waals surface area contributed by atoms with Gasteiger partial charge in [0.15, 0.2) is 0 Å². The molecule has 5 aromatic carbocycles. The van der Waals surface area contributed by atoms with Crippen molar-refractivity contribution in [2.45, 2.75) is 62.7 Å². The Labute approximate surface area is 381 Å². The first kappa shape index (κ1) is 42.7. The van der Waals surface area contributed by atoms with Gasteiger partial charge in [0, 0.05) is 37.3 Å². The summed E-state index contributed by atoms with van der Waals surface area (Å²) in [6, 6.07) is 30.5. The van der Waals surface area contributed by atoms with Crippen LogP contribution in [0.15, 0.2) is 103 Å². The van der Waals surface area contributed by atoms with E-state index in [0.717, 1.165) is 92.3 Å². The molecule has 4 amide bonds. The van der Waals surface area contributed by atoms with Crippen molar-refractivity contribution in [2.24, 2.45) is 5.92 Å². The van der Waals surface area contributed by atoms with Crippen LogP contribution < -0.4 is 10.6 Å². The smallest absolute Gasteiger partial charge is 0.407 e. The lowest BCUT2D eigenvalue weighted by Gasteiger charge is -2.34. The van der Waals surface area contributed by atoms with E-state index >= 15 is 0 Å². The largest absolute Gasteiger partial charge is 0.453 e. The molecule has 3 aliphatic rings. The van der Waals surface area contributed by atoms with Crippen LogP contribution in [0, 0.1) is 5.92 Å². The third-order valence-corrected chi connectivity index (χ3v) is 13.6. The number of rotatable bonds is 10. The van der Waals surface area contributed by atoms with Crippen molar-refractivity contribution < 1.29 is 33.4 Å². The van der Waals surface area contributed by atoms with Crippen molar-refractivity contribution in [3.63, 3.8) is 0 Å². The van der Waals surface area contributed by atoms with Gasteiger partial charge in [0.2, 0.25) is 5.91 Å². The highest BCUT2D eigenvalue weighted by molar-refractivity contribution is 6.06. The number of benzene rings is 5. The SMILES string of the molecule is COC(=O)NC(C(=O)N1CCC[C@H]1c1ncc(-c2ccc3cc(-c4ccc5c(ccc6[nH]c([C@@H]7CCCN7C(=O)[C@H](NC(=O)OC)c7ccccc7)nc65)c4)ccc3c2)[nH]1)C1CCOCC1. The molecular weight excluding hydrogens is 837 g/mol. The number of amides is 4. The predicted octanol–water partition coefficient (Wildman–Crippen LogP) is 8.50. The number of nitrogens with one attached hydrogen (secondary N) is 4. The number of imidazole rings is 2. The molecule has 0 radical (unpaired) electrons. The number of ether oxygens (including phenoxy) is 3. The van der Waals surface area contributed by atoms with Gasteiger partial charge < -0.3 is 44.6 Å². The highest BCUT2D eigenvalue weighted by atomic mass is 16.5. The number of hydrogen-bond acceptors (Lipinski definition) is 9. The molecule has 10 rings (SSSR count). The fourth-order valence-electron chi connectivity index (χ4n) is 10.1. The fourth-order valence-corrected chi connectivity index (χ4v) is 10.1. The minimum Gasteiger partial charge on any atom is -0.453 e. The summed E-state index contributed by atoms with van der Waals surface area (Å²) in [5, 5.41) is 9.80. The second-order valence-corrected chi connectivity index (χ2v) is 17.4. The molecule has 0 saturated carbocycles. The molecule has 4 atom stereocenters. The van der Waals surface area contributed by atoms with Gasteiger partial charge in [-0.25, -0.2) is 19.6 Å². The molecule has 2 aromatic heterocycles. The molecule has 338 valence electrons. The number of fused-ring (bicyclic) bond motifs is 4. The Bertz CT molecular complexity index is 2940. The maximum Gasteiger partial charge on any atom is 0.407 e. The monoisotopic (exact) mass is 888 g/mol. The van der Waals surface area contributed by atoms with Crippen molar-refractivity contribution in [2.75, 3.05) is 40.5 Å². The summed E-state index contributed by atoms with van der Waals surface area (Å²) in [5.74, 6) is 1.09. The Kier molecular flexibility index (Phi) is 11.8. The number of hydrogen-bond donors (Lipinski definition) is 4. The second-order valence-electron chi connectivity index (χ2n) is 17.4. The molecule has 4 N–H and O–H groups in total. The lowest BCUT2D eigenvalue weighted by atomic mass is 9.90. The lowest BCUT2D eigenvalue weighted by molar-refractivity contribution is -0.137. The van der Waals surface area contributed by atoms with E-state index in [1.807, 2.05) is 52.4 Å². The summed E-state index contributed by atoms with van der Waals surface area (Å²) in [6.45, 7) is 2.25. The molecule has 3 aliphatic heterocycles. The Morgan fingerprint density at radius 2 is 1.30 bits per heavy atom. The van der Waals surface area contributed by atoms with Gasteiger partial charge in [-0.3, -0.25) is 9.59 Å². The first-order chi connectivity index (χ1) is 32.3. The van der Waals surface area contributed by atoms with Crippen LogP contribution in [0.4, 0.5) is 9.59 Å². The Morgan fingerprint density at radius 1 is 0.682 bits per heavy atom. The maximum atomic E-state index is 14.1. The van der Waals surface area contributed by atoms with E-state index < -0.39 is 24.3 Å². The molecular formula is C51H52N8O7. The molecule has 15 heteroatoms. The van der Waals surface area contributed by atoms with Crippen molar-refractivity contribution in [1.82, 2.24) is 40.4 Å². The van der Waals surface area contributed by atoms with E-state index in [0.29, 0.717) is 44.7 Å². The van der Waals surface area contributed by atoms with Crippen molar-refractivity contribution >= 4 is 56.6 Å². The van der Waals surface area contributed by atoms with Crippen LogP contribution in [0.3, 0.4) is 0 Å². The third kappa shape index (κ3) is 8.30. The van der Waals surface area contributed by atoms with Crippen LogP contribution in [0.2, 0.25) is 0 Å². The third-order valence-electron chi connectivity index (χ3n) is 13.6. The zero-order chi connectivity index (χ0) is 45.3. The highest BCUT2D eigenvalue weighted by Crippen LogP contribution is 2.38. The van der Waals surface area contributed by atoms with E-state index in [1.54, 1.807) is 0 Å². The minimum atomic E-state index is -0.890. The summed E-state index contributed by atoms with van der Waals surface area (Å²) < 4.78 is 15.3. The van der Waals surface area contributed by atoms with E-state index in [-0.39, 0.29) is 29.8 Å². The maximum absolute atomic E-state index is 14.1. The Balaban J connectivity index is 0.858. The number of aromatic amines is 2. The normalized spacial score (nSPS) is 18.7. The van der Waals surface area contributed by atoms with E-state index in [4.69, 9.17) is 24.2 Å². The summed E-state index contributed by atoms with van der Waals surface area (Å²) in [6.07, 6.45) is 5.11. The van der Waals surface area contributed by atoms with Gasteiger partial charge in [-0.2, -0.15) is 0 Å². The van der Waals surface area contributed by atoms with Crippen molar-refractivity contribution in [3.05, 3.63) is 120 Å². The molecule has 7 aromatic rings. The lowest BCUT2D eigenvalue weighted by Crippen LogP contribution is -2.53. The molecule has 1 unspecified atom stereocenters. The number of methoxy groups -OCH3 is 2. The molecule has 0 spiro atoms. The summed E-state index contributed by atoms with van der Waals surface area (Å²) in [4.78, 5) is 73.4. The number of H-pyrrole nitrogens is 2. The van der Waals surface area contributed by atoms with Gasteiger partial charge in [-0.1, -0.05) is 72.8 Å². The number of likely N-dealkylation sites (tertiary alicyclic amines) is 2. The van der Waals surface area contributed by atoms with Crippen LogP contribution in [0.5, 0.6) is 0 Å². The van der Waals surface area contributed by atoms with Crippen LogP contribution >= 0.6 is 0 Å². The molecule has 0 aliphatic carbocycles. The standard InChI is InChI=1S/C51H52N8O7/c1-64-50(62)56-43(30-8-4-3-5-9-30)48(60)59-23-7-11-42(59)47-53-39-19-17-36-27-35(16-18-38(36)45(39)55-47)32-12-13-34-28-37(15-14-33(34)26-32)40-29-52-46(54-40)41-10-6-22-58(41)49(61)44(57-51(63)65-2)31-20-24-66-25-21-31/h3-5,8-9,12-19,26-29,31,41-44H,6-7,10-11,20-25H2,1-2H3,(H,52,54)(H,53,55)(H,56,62)(H,57,63)/t41-,42-,43+,44?/m0/s1. The first-order valence-corrected chi connectivity index (χ1v) is 22.7. The fraction of sp³-hybridized carbons (Fsp3) is 0.333.